The molecule has 0 unspecified atom stereocenters. The van der Waals surface area contributed by atoms with Gasteiger partial charge in [-0.05, 0) is 55.5 Å². The summed E-state index contributed by atoms with van der Waals surface area (Å²) in [6.07, 6.45) is 0. The van der Waals surface area contributed by atoms with Gasteiger partial charge in [-0.25, -0.2) is 8.42 Å². The molecule has 0 radical (unpaired) electrons. The number of sulfonamides is 1. The fourth-order valence-electron chi connectivity index (χ4n) is 3.76. The van der Waals surface area contributed by atoms with Crippen LogP contribution in [0.15, 0.2) is 53.4 Å². The number of carbonyl (C=O) groups excluding carboxylic acids is 1. The Balaban J connectivity index is 1.68. The predicted octanol–water partition coefficient (Wildman–Crippen LogP) is 2.63. The van der Waals surface area contributed by atoms with E-state index in [1.54, 1.807) is 63.5 Å². The zero-order chi connectivity index (χ0) is 24.3. The van der Waals surface area contributed by atoms with Crippen LogP contribution in [0.3, 0.4) is 0 Å². The van der Waals surface area contributed by atoms with Crippen molar-refractivity contribution in [2.45, 2.75) is 11.8 Å². The molecule has 11 heteroatoms. The van der Waals surface area contributed by atoms with E-state index in [1.165, 1.54) is 10.7 Å². The summed E-state index contributed by atoms with van der Waals surface area (Å²) in [4.78, 5) is 14.8. The van der Waals surface area contributed by atoms with Crippen molar-refractivity contribution in [3.05, 3.63) is 59.9 Å². The van der Waals surface area contributed by atoms with Crippen molar-refractivity contribution in [1.82, 2.24) is 9.78 Å². The number of aryl methyl sites for hydroxylation is 2. The molecule has 1 amide bonds. The predicted molar refractivity (Wildman–Crippen MR) is 129 cm³/mol. The number of methoxy groups -OCH3 is 1. The third kappa shape index (κ3) is 5.15. The molecule has 0 aliphatic carbocycles. The van der Waals surface area contributed by atoms with Gasteiger partial charge in [-0.15, -0.1) is 0 Å². The minimum Gasteiger partial charge on any atom is -0.497 e. The van der Waals surface area contributed by atoms with E-state index in [0.29, 0.717) is 60.5 Å². The van der Waals surface area contributed by atoms with Crippen molar-refractivity contribution in [3.8, 4) is 5.75 Å². The van der Waals surface area contributed by atoms with Crippen molar-refractivity contribution in [2.24, 2.45) is 7.05 Å². The Hall–Kier alpha value is -3.57. The number of aromatic nitrogens is 2. The number of nitrogens with zero attached hydrogens (tertiary/aromatic N) is 3. The van der Waals surface area contributed by atoms with E-state index in [0.717, 1.165) is 0 Å². The minimum absolute atomic E-state index is 0.0594. The smallest absolute Gasteiger partial charge is 0.273 e. The lowest BCUT2D eigenvalue weighted by atomic mass is 10.2. The molecule has 1 aromatic heterocycles. The van der Waals surface area contributed by atoms with Crippen molar-refractivity contribution in [1.29, 1.82) is 0 Å². The number of hydrogen-bond donors (Lipinski definition) is 2. The van der Waals surface area contributed by atoms with Crippen LogP contribution < -0.4 is 19.7 Å². The van der Waals surface area contributed by atoms with Crippen LogP contribution >= 0.6 is 0 Å². The van der Waals surface area contributed by atoms with Crippen molar-refractivity contribution >= 4 is 33.0 Å². The SMILES string of the molecule is COc1ccc(NS(=O)(=O)c2cc(NC(=O)c3cc(C)nn3C)ccc2N2CCOCC2)cc1. The number of anilines is 3. The first-order valence-electron chi connectivity index (χ1n) is 10.7. The monoisotopic (exact) mass is 485 g/mol. The van der Waals surface area contributed by atoms with Gasteiger partial charge < -0.3 is 19.7 Å². The molecule has 1 fully saturated rings. The molecule has 10 nitrogen and oxygen atoms in total. The highest BCUT2D eigenvalue weighted by molar-refractivity contribution is 7.92. The first-order valence-corrected chi connectivity index (χ1v) is 12.2. The van der Waals surface area contributed by atoms with Crippen LogP contribution in [0.2, 0.25) is 0 Å². The lowest BCUT2D eigenvalue weighted by Crippen LogP contribution is -2.37. The first kappa shape index (κ1) is 23.6. The van der Waals surface area contributed by atoms with Crippen molar-refractivity contribution < 1.29 is 22.7 Å². The quantitative estimate of drug-likeness (QED) is 0.529. The number of rotatable bonds is 7. The highest BCUT2D eigenvalue weighted by atomic mass is 32.2. The molecule has 0 spiro atoms. The molecule has 2 heterocycles. The topological polar surface area (TPSA) is 115 Å². The van der Waals surface area contributed by atoms with Gasteiger partial charge in [-0.3, -0.25) is 14.2 Å². The van der Waals surface area contributed by atoms with E-state index in [4.69, 9.17) is 9.47 Å². The molecule has 2 N–H and O–H groups in total. The van der Waals surface area contributed by atoms with Gasteiger partial charge in [-0.2, -0.15) is 5.10 Å². The van der Waals surface area contributed by atoms with E-state index >= 15 is 0 Å². The molecule has 3 aromatic rings. The maximum atomic E-state index is 13.5. The average molecular weight is 486 g/mol. The van der Waals surface area contributed by atoms with Gasteiger partial charge in [0.2, 0.25) is 0 Å². The molecular weight excluding hydrogens is 458 g/mol. The van der Waals surface area contributed by atoms with Gasteiger partial charge in [0.15, 0.2) is 0 Å². The first-order chi connectivity index (χ1) is 16.3. The number of amides is 1. The Labute approximate surface area is 198 Å². The molecule has 0 saturated carbocycles. The number of morpholine rings is 1. The zero-order valence-electron chi connectivity index (χ0n) is 19.2. The summed E-state index contributed by atoms with van der Waals surface area (Å²) in [6, 6.07) is 13.1. The van der Waals surface area contributed by atoms with E-state index < -0.39 is 10.0 Å². The number of benzene rings is 2. The van der Waals surface area contributed by atoms with Gasteiger partial charge >= 0.3 is 0 Å². The minimum atomic E-state index is -3.98. The third-order valence-corrected chi connectivity index (χ3v) is 6.85. The van der Waals surface area contributed by atoms with Crippen LogP contribution in [0.5, 0.6) is 5.75 Å². The number of nitrogens with one attached hydrogen (secondary N) is 2. The van der Waals surface area contributed by atoms with E-state index in [1.807, 2.05) is 4.90 Å². The molecule has 1 aliphatic rings. The van der Waals surface area contributed by atoms with Crippen LogP contribution in [0, 0.1) is 6.92 Å². The largest absolute Gasteiger partial charge is 0.497 e. The Morgan fingerprint density at radius 1 is 1.06 bits per heavy atom. The summed E-state index contributed by atoms with van der Waals surface area (Å²) < 4.78 is 41.6. The summed E-state index contributed by atoms with van der Waals surface area (Å²) >= 11 is 0. The Morgan fingerprint density at radius 3 is 2.35 bits per heavy atom. The Bertz CT molecular complexity index is 1280. The molecule has 34 heavy (non-hydrogen) atoms. The number of ether oxygens (including phenoxy) is 2. The summed E-state index contributed by atoms with van der Waals surface area (Å²) in [5.41, 5.74) is 2.38. The van der Waals surface area contributed by atoms with Crippen molar-refractivity contribution in [2.75, 3.05) is 48.4 Å². The third-order valence-electron chi connectivity index (χ3n) is 5.44. The second kappa shape index (κ2) is 9.74. The molecule has 2 aromatic carbocycles. The lowest BCUT2D eigenvalue weighted by molar-refractivity contribution is 0.101. The molecule has 0 atom stereocenters. The standard InChI is InChI=1S/C23H27N5O5S/c1-16-14-21(27(2)25-16)23(29)24-18-6-9-20(28-10-12-33-13-11-28)22(15-18)34(30,31)26-17-4-7-19(32-3)8-5-17/h4-9,14-15,26H,10-13H2,1-3H3,(H,24,29). The normalized spacial score (nSPS) is 14.0. The fourth-order valence-corrected chi connectivity index (χ4v) is 5.07. The maximum Gasteiger partial charge on any atom is 0.273 e. The van der Waals surface area contributed by atoms with E-state index in [-0.39, 0.29) is 10.8 Å². The molecular formula is C23H27N5O5S. The highest BCUT2D eigenvalue weighted by Crippen LogP contribution is 2.31. The van der Waals surface area contributed by atoms with Crippen LogP contribution in [-0.4, -0.2) is 57.5 Å². The van der Waals surface area contributed by atoms with Gasteiger partial charge in [0.05, 0.1) is 31.7 Å². The second-order valence-electron chi connectivity index (χ2n) is 7.86. The summed E-state index contributed by atoms with van der Waals surface area (Å²) in [7, 11) is -0.761. The Morgan fingerprint density at radius 2 is 1.74 bits per heavy atom. The number of carbonyl (C=O) groups is 1. The molecule has 0 bridgehead atoms. The summed E-state index contributed by atoms with van der Waals surface area (Å²) in [5.74, 6) is 0.237. The zero-order valence-corrected chi connectivity index (χ0v) is 20.1. The molecule has 180 valence electrons. The maximum absolute atomic E-state index is 13.5. The highest BCUT2D eigenvalue weighted by Gasteiger charge is 2.25. The number of hydrogen-bond acceptors (Lipinski definition) is 7. The van der Waals surface area contributed by atoms with E-state index in [9.17, 15) is 13.2 Å². The van der Waals surface area contributed by atoms with Gasteiger partial charge in [0.1, 0.15) is 16.3 Å². The summed E-state index contributed by atoms with van der Waals surface area (Å²) in [5, 5.41) is 6.97. The van der Waals surface area contributed by atoms with Crippen LogP contribution in [0.4, 0.5) is 17.1 Å². The average Bonchev–Trinajstić information content (AvgIpc) is 3.18. The van der Waals surface area contributed by atoms with Crippen LogP contribution in [0.1, 0.15) is 16.2 Å². The molecule has 1 aliphatic heterocycles. The fraction of sp³-hybridized carbons (Fsp3) is 0.304. The van der Waals surface area contributed by atoms with Gasteiger partial charge in [0.25, 0.3) is 15.9 Å². The van der Waals surface area contributed by atoms with Gasteiger partial charge in [-0.1, -0.05) is 0 Å². The van der Waals surface area contributed by atoms with Crippen LogP contribution in [-0.2, 0) is 21.8 Å². The lowest BCUT2D eigenvalue weighted by Gasteiger charge is -2.30. The van der Waals surface area contributed by atoms with Crippen LogP contribution in [0.25, 0.3) is 0 Å². The Kier molecular flexibility index (Phi) is 6.75. The molecule has 4 rings (SSSR count). The summed E-state index contributed by atoms with van der Waals surface area (Å²) in [6.45, 7) is 3.92. The second-order valence-corrected chi connectivity index (χ2v) is 9.52. The molecule has 1 saturated heterocycles. The van der Waals surface area contributed by atoms with Crippen molar-refractivity contribution in [3.63, 3.8) is 0 Å². The van der Waals surface area contributed by atoms with E-state index in [2.05, 4.69) is 15.1 Å². The van der Waals surface area contributed by atoms with Gasteiger partial charge in [0, 0.05) is 31.5 Å².